The van der Waals surface area contributed by atoms with Crippen LogP contribution in [0.1, 0.15) is 32.3 Å². The van der Waals surface area contributed by atoms with E-state index in [1.165, 1.54) is 0 Å². The van der Waals surface area contributed by atoms with E-state index >= 15 is 0 Å². The molecule has 5 nitrogen and oxygen atoms in total. The highest BCUT2D eigenvalue weighted by molar-refractivity contribution is 7.89. The standard InChI is InChI=1S/C17H28N2O3S/c1-13(2)22-17-8-7-16(10-14(17)3)23(20,21)19-9-5-6-15(12-19)11-18-4/h7-8,10,13,15,18H,5-6,9,11-12H2,1-4H3. The first-order valence-electron chi connectivity index (χ1n) is 8.26. The van der Waals surface area contributed by atoms with Crippen LogP contribution in [0, 0.1) is 12.8 Å². The topological polar surface area (TPSA) is 58.6 Å². The molecule has 0 aromatic heterocycles. The molecule has 1 unspecified atom stereocenters. The molecule has 1 fully saturated rings. The van der Waals surface area contributed by atoms with E-state index in [9.17, 15) is 8.42 Å². The average Bonchev–Trinajstić information content (AvgIpc) is 2.49. The summed E-state index contributed by atoms with van der Waals surface area (Å²) < 4.78 is 33.1. The predicted molar refractivity (Wildman–Crippen MR) is 92.4 cm³/mol. The van der Waals surface area contributed by atoms with E-state index in [0.29, 0.717) is 23.9 Å². The molecular formula is C17H28N2O3S. The van der Waals surface area contributed by atoms with Gasteiger partial charge in [0.15, 0.2) is 0 Å². The lowest BCUT2D eigenvalue weighted by molar-refractivity contribution is 0.240. The van der Waals surface area contributed by atoms with Crippen molar-refractivity contribution < 1.29 is 13.2 Å². The number of piperidine rings is 1. The molecule has 0 radical (unpaired) electrons. The zero-order valence-corrected chi connectivity index (χ0v) is 15.3. The summed E-state index contributed by atoms with van der Waals surface area (Å²) in [4.78, 5) is 0.358. The Balaban J connectivity index is 2.20. The molecule has 0 aliphatic carbocycles. The van der Waals surface area contributed by atoms with Gasteiger partial charge in [0, 0.05) is 13.1 Å². The lowest BCUT2D eigenvalue weighted by Crippen LogP contribution is -2.42. The van der Waals surface area contributed by atoms with Gasteiger partial charge in [-0.1, -0.05) is 0 Å². The van der Waals surface area contributed by atoms with Crippen LogP contribution in [-0.2, 0) is 10.0 Å². The van der Waals surface area contributed by atoms with Crippen LogP contribution in [-0.4, -0.2) is 45.5 Å². The first-order valence-corrected chi connectivity index (χ1v) is 9.70. The van der Waals surface area contributed by atoms with Gasteiger partial charge in [-0.2, -0.15) is 4.31 Å². The van der Waals surface area contributed by atoms with Crippen LogP contribution in [0.5, 0.6) is 5.75 Å². The van der Waals surface area contributed by atoms with Gasteiger partial charge in [0.2, 0.25) is 10.0 Å². The molecule has 0 saturated carbocycles. The van der Waals surface area contributed by atoms with Gasteiger partial charge in [-0.3, -0.25) is 0 Å². The fraction of sp³-hybridized carbons (Fsp3) is 0.647. The molecule has 2 rings (SSSR count). The van der Waals surface area contributed by atoms with Crippen LogP contribution in [0.3, 0.4) is 0 Å². The number of aryl methyl sites for hydroxylation is 1. The summed E-state index contributed by atoms with van der Waals surface area (Å²) in [5.74, 6) is 1.12. The van der Waals surface area contributed by atoms with Gasteiger partial charge >= 0.3 is 0 Å². The number of sulfonamides is 1. The van der Waals surface area contributed by atoms with Crippen LogP contribution in [0.15, 0.2) is 23.1 Å². The summed E-state index contributed by atoms with van der Waals surface area (Å²) in [5, 5.41) is 3.15. The van der Waals surface area contributed by atoms with Crippen LogP contribution in [0.25, 0.3) is 0 Å². The number of benzene rings is 1. The van der Waals surface area contributed by atoms with Gasteiger partial charge in [-0.15, -0.1) is 0 Å². The van der Waals surface area contributed by atoms with Crippen molar-refractivity contribution in [1.29, 1.82) is 0 Å². The van der Waals surface area contributed by atoms with E-state index in [4.69, 9.17) is 4.74 Å². The number of rotatable bonds is 6. The smallest absolute Gasteiger partial charge is 0.243 e. The Morgan fingerprint density at radius 1 is 1.39 bits per heavy atom. The second kappa shape index (κ2) is 7.64. The Hall–Kier alpha value is -1.11. The Morgan fingerprint density at radius 3 is 2.74 bits per heavy atom. The van der Waals surface area contributed by atoms with Crippen LogP contribution < -0.4 is 10.1 Å². The minimum absolute atomic E-state index is 0.0700. The van der Waals surface area contributed by atoms with E-state index in [2.05, 4.69) is 5.32 Å². The van der Waals surface area contributed by atoms with Crippen LogP contribution in [0.2, 0.25) is 0 Å². The van der Waals surface area contributed by atoms with E-state index in [1.54, 1.807) is 22.5 Å². The molecule has 130 valence electrons. The molecule has 6 heteroatoms. The molecule has 1 saturated heterocycles. The SMILES string of the molecule is CNCC1CCCN(S(=O)(=O)c2ccc(OC(C)C)c(C)c2)C1. The fourth-order valence-corrected chi connectivity index (χ4v) is 4.66. The minimum Gasteiger partial charge on any atom is -0.491 e. The molecule has 23 heavy (non-hydrogen) atoms. The first kappa shape index (κ1) is 18.2. The highest BCUT2D eigenvalue weighted by Crippen LogP contribution is 2.27. The first-order chi connectivity index (χ1) is 10.8. The van der Waals surface area contributed by atoms with Crippen molar-refractivity contribution in [2.45, 2.75) is 44.6 Å². The largest absolute Gasteiger partial charge is 0.491 e. The number of hydrogen-bond acceptors (Lipinski definition) is 4. The van der Waals surface area contributed by atoms with E-state index < -0.39 is 10.0 Å². The molecule has 1 aliphatic rings. The van der Waals surface area contributed by atoms with Crippen molar-refractivity contribution in [3.8, 4) is 5.75 Å². The number of hydrogen-bond donors (Lipinski definition) is 1. The van der Waals surface area contributed by atoms with Gasteiger partial charge in [0.05, 0.1) is 11.0 Å². The second-order valence-corrected chi connectivity index (χ2v) is 8.46. The van der Waals surface area contributed by atoms with Gasteiger partial charge in [-0.25, -0.2) is 8.42 Å². The van der Waals surface area contributed by atoms with Gasteiger partial charge in [-0.05, 0) is 76.9 Å². The summed E-state index contributed by atoms with van der Waals surface area (Å²) >= 11 is 0. The average molecular weight is 340 g/mol. The minimum atomic E-state index is -3.43. The Bertz CT molecular complexity index is 627. The molecule has 0 amide bonds. The summed E-state index contributed by atoms with van der Waals surface area (Å²) in [6, 6.07) is 5.13. The molecule has 1 heterocycles. The lowest BCUT2D eigenvalue weighted by Gasteiger charge is -2.32. The summed E-state index contributed by atoms with van der Waals surface area (Å²) in [5.41, 5.74) is 0.851. The van der Waals surface area contributed by atoms with Crippen molar-refractivity contribution in [3.05, 3.63) is 23.8 Å². The zero-order chi connectivity index (χ0) is 17.0. The second-order valence-electron chi connectivity index (χ2n) is 6.52. The quantitative estimate of drug-likeness (QED) is 0.864. The van der Waals surface area contributed by atoms with E-state index in [-0.39, 0.29) is 6.10 Å². The molecule has 1 aromatic rings. The third kappa shape index (κ3) is 4.46. The van der Waals surface area contributed by atoms with Crippen molar-refractivity contribution in [2.24, 2.45) is 5.92 Å². The van der Waals surface area contributed by atoms with Crippen molar-refractivity contribution in [1.82, 2.24) is 9.62 Å². The van der Waals surface area contributed by atoms with Gasteiger partial charge < -0.3 is 10.1 Å². The summed E-state index contributed by atoms with van der Waals surface area (Å²) in [6.07, 6.45) is 2.06. The van der Waals surface area contributed by atoms with Gasteiger partial charge in [0.25, 0.3) is 0 Å². The summed E-state index contributed by atoms with van der Waals surface area (Å²) in [7, 11) is -1.52. The number of nitrogens with one attached hydrogen (secondary N) is 1. The number of ether oxygens (including phenoxy) is 1. The molecule has 1 N–H and O–H groups in total. The molecule has 1 aliphatic heterocycles. The Labute approximate surface area is 140 Å². The van der Waals surface area contributed by atoms with Crippen molar-refractivity contribution in [2.75, 3.05) is 26.7 Å². The number of nitrogens with zero attached hydrogens (tertiary/aromatic N) is 1. The lowest BCUT2D eigenvalue weighted by atomic mass is 10.00. The zero-order valence-electron chi connectivity index (χ0n) is 14.5. The third-order valence-electron chi connectivity index (χ3n) is 4.12. The van der Waals surface area contributed by atoms with Crippen LogP contribution in [0.4, 0.5) is 0 Å². The highest BCUT2D eigenvalue weighted by atomic mass is 32.2. The monoisotopic (exact) mass is 340 g/mol. The van der Waals surface area contributed by atoms with Gasteiger partial charge in [0.1, 0.15) is 5.75 Å². The van der Waals surface area contributed by atoms with Crippen molar-refractivity contribution >= 4 is 10.0 Å². The molecule has 0 bridgehead atoms. The molecule has 1 aromatic carbocycles. The third-order valence-corrected chi connectivity index (χ3v) is 5.98. The fourth-order valence-electron chi connectivity index (χ4n) is 3.02. The maximum absolute atomic E-state index is 12.9. The predicted octanol–water partition coefficient (Wildman–Crippen LogP) is 2.40. The Kier molecular flexibility index (Phi) is 6.06. The summed E-state index contributed by atoms with van der Waals surface area (Å²) in [6.45, 7) is 7.85. The maximum atomic E-state index is 12.9. The molecule has 0 spiro atoms. The maximum Gasteiger partial charge on any atom is 0.243 e. The van der Waals surface area contributed by atoms with E-state index in [0.717, 1.165) is 30.7 Å². The highest BCUT2D eigenvalue weighted by Gasteiger charge is 2.30. The normalized spacial score (nSPS) is 20.0. The van der Waals surface area contributed by atoms with Crippen molar-refractivity contribution in [3.63, 3.8) is 0 Å². The molecule has 1 atom stereocenters. The van der Waals surface area contributed by atoms with E-state index in [1.807, 2.05) is 27.8 Å². The molecular weight excluding hydrogens is 312 g/mol. The van der Waals surface area contributed by atoms with Crippen LogP contribution >= 0.6 is 0 Å². The Morgan fingerprint density at radius 2 is 2.13 bits per heavy atom.